The number of ether oxygens (including phenoxy) is 2. The van der Waals surface area contributed by atoms with Gasteiger partial charge in [-0.05, 0) is 31.2 Å². The van der Waals surface area contributed by atoms with Gasteiger partial charge < -0.3 is 19.7 Å². The number of hydrogen-bond acceptors (Lipinski definition) is 4. The van der Waals surface area contributed by atoms with Crippen LogP contribution in [0.25, 0.3) is 0 Å². The van der Waals surface area contributed by atoms with Gasteiger partial charge in [-0.1, -0.05) is 0 Å². The third kappa shape index (κ3) is 3.95. The lowest BCUT2D eigenvalue weighted by Crippen LogP contribution is -2.48. The summed E-state index contributed by atoms with van der Waals surface area (Å²) in [5, 5.41) is 2.75. The zero-order valence-electron chi connectivity index (χ0n) is 12.3. The van der Waals surface area contributed by atoms with Crippen molar-refractivity contribution in [2.45, 2.75) is 19.4 Å². The van der Waals surface area contributed by atoms with Gasteiger partial charge in [0.15, 0.2) is 0 Å². The molecule has 2 amide bonds. The van der Waals surface area contributed by atoms with E-state index in [-0.39, 0.29) is 18.2 Å². The fourth-order valence-electron chi connectivity index (χ4n) is 2.21. The van der Waals surface area contributed by atoms with E-state index in [9.17, 15) is 9.59 Å². The van der Waals surface area contributed by atoms with Crippen molar-refractivity contribution in [2.75, 3.05) is 32.1 Å². The first-order chi connectivity index (χ1) is 10.1. The molecular weight excluding hydrogens is 272 g/mol. The minimum Gasteiger partial charge on any atom is -0.497 e. The molecule has 1 atom stereocenters. The number of methoxy groups -OCH3 is 1. The van der Waals surface area contributed by atoms with Crippen LogP contribution < -0.4 is 10.1 Å². The van der Waals surface area contributed by atoms with Gasteiger partial charge in [0, 0.05) is 18.8 Å². The summed E-state index contributed by atoms with van der Waals surface area (Å²) < 4.78 is 10.4. The number of amides is 2. The monoisotopic (exact) mass is 292 g/mol. The predicted octanol–water partition coefficient (Wildman–Crippen LogP) is 1.27. The van der Waals surface area contributed by atoms with Gasteiger partial charge in [0.25, 0.3) is 5.91 Å². The maximum Gasteiger partial charge on any atom is 0.252 e. The van der Waals surface area contributed by atoms with E-state index in [4.69, 9.17) is 9.47 Å². The maximum absolute atomic E-state index is 12.0. The van der Waals surface area contributed by atoms with Crippen molar-refractivity contribution in [1.29, 1.82) is 0 Å². The smallest absolute Gasteiger partial charge is 0.252 e. The van der Waals surface area contributed by atoms with Crippen LogP contribution in [0.15, 0.2) is 24.3 Å². The summed E-state index contributed by atoms with van der Waals surface area (Å²) in [6.07, 6.45) is -0.654. The molecule has 1 N–H and O–H groups in total. The number of carbonyl (C=O) groups is 2. The van der Waals surface area contributed by atoms with Crippen LogP contribution in [0.2, 0.25) is 0 Å². The lowest BCUT2D eigenvalue weighted by Gasteiger charge is -2.31. The molecule has 0 bridgehead atoms. The van der Waals surface area contributed by atoms with Gasteiger partial charge in [0.1, 0.15) is 11.9 Å². The molecule has 1 aromatic carbocycles. The van der Waals surface area contributed by atoms with Crippen LogP contribution in [0.4, 0.5) is 5.69 Å². The number of nitrogens with one attached hydrogen (secondary N) is 1. The maximum atomic E-state index is 12.0. The second-order valence-electron chi connectivity index (χ2n) is 4.76. The van der Waals surface area contributed by atoms with Crippen LogP contribution in [0, 0.1) is 0 Å². The molecule has 0 aromatic heterocycles. The summed E-state index contributed by atoms with van der Waals surface area (Å²) in [4.78, 5) is 25.7. The molecular formula is C15H20N2O4. The van der Waals surface area contributed by atoms with Crippen molar-refractivity contribution in [3.8, 4) is 5.75 Å². The highest BCUT2D eigenvalue weighted by molar-refractivity contribution is 5.95. The van der Waals surface area contributed by atoms with E-state index in [0.29, 0.717) is 25.4 Å². The first-order valence-electron chi connectivity index (χ1n) is 6.98. The van der Waals surface area contributed by atoms with E-state index in [1.54, 1.807) is 36.3 Å². The first kappa shape index (κ1) is 15.3. The fraction of sp³-hybridized carbons (Fsp3) is 0.467. The summed E-state index contributed by atoms with van der Waals surface area (Å²) in [6, 6.07) is 7.02. The molecule has 6 nitrogen and oxygen atoms in total. The van der Waals surface area contributed by atoms with E-state index in [1.165, 1.54) is 0 Å². The van der Waals surface area contributed by atoms with Gasteiger partial charge in [0.2, 0.25) is 5.91 Å². The van der Waals surface area contributed by atoms with E-state index in [2.05, 4.69) is 5.32 Å². The SMILES string of the molecule is CCN1CCO[C@H](CC(=O)Nc2ccc(OC)cc2)C1=O. The summed E-state index contributed by atoms with van der Waals surface area (Å²) in [6.45, 7) is 3.61. The Morgan fingerprint density at radius 2 is 2.14 bits per heavy atom. The second-order valence-corrected chi connectivity index (χ2v) is 4.76. The number of anilines is 1. The Balaban J connectivity index is 1.90. The van der Waals surface area contributed by atoms with Crippen molar-refractivity contribution in [3.63, 3.8) is 0 Å². The Hall–Kier alpha value is -2.08. The van der Waals surface area contributed by atoms with E-state index in [0.717, 1.165) is 5.75 Å². The molecule has 21 heavy (non-hydrogen) atoms. The first-order valence-corrected chi connectivity index (χ1v) is 6.98. The number of nitrogens with zero attached hydrogens (tertiary/aromatic N) is 1. The highest BCUT2D eigenvalue weighted by Gasteiger charge is 2.30. The second kappa shape index (κ2) is 7.08. The van der Waals surface area contributed by atoms with Crippen molar-refractivity contribution in [2.24, 2.45) is 0 Å². The van der Waals surface area contributed by atoms with E-state index >= 15 is 0 Å². The summed E-state index contributed by atoms with van der Waals surface area (Å²) in [5.41, 5.74) is 0.663. The van der Waals surface area contributed by atoms with Crippen molar-refractivity contribution >= 4 is 17.5 Å². The lowest BCUT2D eigenvalue weighted by atomic mass is 10.1. The van der Waals surface area contributed by atoms with Gasteiger partial charge in [-0.3, -0.25) is 9.59 Å². The highest BCUT2D eigenvalue weighted by Crippen LogP contribution is 2.16. The third-order valence-electron chi connectivity index (χ3n) is 3.39. The zero-order chi connectivity index (χ0) is 15.2. The topological polar surface area (TPSA) is 67.9 Å². The Bertz CT molecular complexity index is 501. The Morgan fingerprint density at radius 3 is 2.76 bits per heavy atom. The molecule has 1 saturated heterocycles. The normalized spacial score (nSPS) is 18.5. The number of likely N-dealkylation sites (N-methyl/N-ethyl adjacent to an activating group) is 1. The van der Waals surface area contributed by atoms with Crippen molar-refractivity contribution < 1.29 is 19.1 Å². The largest absolute Gasteiger partial charge is 0.497 e. The molecule has 114 valence electrons. The minimum atomic E-state index is -0.683. The van der Waals surface area contributed by atoms with Crippen molar-refractivity contribution in [1.82, 2.24) is 4.90 Å². The Kier molecular flexibility index (Phi) is 5.16. The molecule has 1 fully saturated rings. The molecule has 1 aliphatic heterocycles. The van der Waals surface area contributed by atoms with Crippen LogP contribution in [-0.4, -0.2) is 49.6 Å². The molecule has 1 aromatic rings. The van der Waals surface area contributed by atoms with Crippen LogP contribution >= 0.6 is 0 Å². The average molecular weight is 292 g/mol. The average Bonchev–Trinajstić information content (AvgIpc) is 2.50. The van der Waals surface area contributed by atoms with Gasteiger partial charge in [-0.25, -0.2) is 0 Å². The molecule has 1 aliphatic rings. The third-order valence-corrected chi connectivity index (χ3v) is 3.39. The predicted molar refractivity (Wildman–Crippen MR) is 78.2 cm³/mol. The quantitative estimate of drug-likeness (QED) is 0.887. The van der Waals surface area contributed by atoms with Gasteiger partial charge in [-0.2, -0.15) is 0 Å². The number of carbonyl (C=O) groups excluding carboxylic acids is 2. The van der Waals surface area contributed by atoms with E-state index in [1.807, 2.05) is 6.92 Å². The molecule has 0 aliphatic carbocycles. The van der Waals surface area contributed by atoms with Crippen molar-refractivity contribution in [3.05, 3.63) is 24.3 Å². The van der Waals surface area contributed by atoms with Crippen LogP contribution in [0.5, 0.6) is 5.75 Å². The van der Waals surface area contributed by atoms with Crippen LogP contribution in [-0.2, 0) is 14.3 Å². The summed E-state index contributed by atoms with van der Waals surface area (Å²) in [5.74, 6) is 0.363. The molecule has 0 saturated carbocycles. The fourth-order valence-corrected chi connectivity index (χ4v) is 2.21. The zero-order valence-corrected chi connectivity index (χ0v) is 12.3. The molecule has 0 unspecified atom stereocenters. The molecule has 1 heterocycles. The van der Waals surface area contributed by atoms with Gasteiger partial charge in [-0.15, -0.1) is 0 Å². The molecule has 0 spiro atoms. The van der Waals surface area contributed by atoms with Gasteiger partial charge in [0.05, 0.1) is 20.1 Å². The van der Waals surface area contributed by atoms with Gasteiger partial charge >= 0.3 is 0 Å². The minimum absolute atomic E-state index is 0.0291. The number of hydrogen-bond donors (Lipinski definition) is 1. The number of morpholine rings is 1. The molecule has 6 heteroatoms. The molecule has 0 radical (unpaired) electrons. The van der Waals surface area contributed by atoms with Crippen LogP contribution in [0.3, 0.4) is 0 Å². The Morgan fingerprint density at radius 1 is 1.43 bits per heavy atom. The highest BCUT2D eigenvalue weighted by atomic mass is 16.5. The standard InChI is InChI=1S/C15H20N2O4/c1-3-17-8-9-21-13(15(17)19)10-14(18)16-11-4-6-12(20-2)7-5-11/h4-7,13H,3,8-10H2,1-2H3,(H,16,18)/t13-/m1/s1. The summed E-state index contributed by atoms with van der Waals surface area (Å²) >= 11 is 0. The lowest BCUT2D eigenvalue weighted by molar-refractivity contribution is -0.154. The van der Waals surface area contributed by atoms with Crippen LogP contribution in [0.1, 0.15) is 13.3 Å². The van der Waals surface area contributed by atoms with E-state index < -0.39 is 6.10 Å². The molecule has 2 rings (SSSR count). The Labute approximate surface area is 124 Å². The summed E-state index contributed by atoms with van der Waals surface area (Å²) in [7, 11) is 1.58. The number of benzene rings is 1. The number of rotatable bonds is 5.